The Morgan fingerprint density at radius 1 is 1.07 bits per heavy atom. The van der Waals surface area contributed by atoms with E-state index >= 15 is 0 Å². The fourth-order valence-corrected chi connectivity index (χ4v) is 4.57. The second kappa shape index (κ2) is 8.57. The molecular formula is C23H24N2O2S. The monoisotopic (exact) mass is 392 g/mol. The fraction of sp³-hybridized carbons (Fsp3) is 0.304. The molecule has 1 aromatic heterocycles. The maximum Gasteiger partial charge on any atom is 0.254 e. The number of carbonyl (C=O) groups excluding carboxylic acids is 2. The molecule has 2 aromatic carbocycles. The Balaban J connectivity index is 1.40. The van der Waals surface area contributed by atoms with E-state index < -0.39 is 0 Å². The lowest BCUT2D eigenvalue weighted by Crippen LogP contribution is -2.45. The second-order valence-electron chi connectivity index (χ2n) is 7.24. The molecule has 28 heavy (non-hydrogen) atoms. The van der Waals surface area contributed by atoms with Crippen molar-refractivity contribution in [3.8, 4) is 0 Å². The number of hydrogen-bond acceptors (Lipinski definition) is 3. The first-order valence-corrected chi connectivity index (χ1v) is 10.7. The Morgan fingerprint density at radius 2 is 1.93 bits per heavy atom. The van der Waals surface area contributed by atoms with Crippen LogP contribution in [0.1, 0.15) is 28.1 Å². The van der Waals surface area contributed by atoms with E-state index in [4.69, 9.17) is 0 Å². The second-order valence-corrected chi connectivity index (χ2v) is 8.27. The van der Waals surface area contributed by atoms with E-state index in [2.05, 4.69) is 16.8 Å². The number of piperidine rings is 1. The molecule has 5 heteroatoms. The standard InChI is InChI=1S/C23H24N2O2S/c26-22(24-13-12-19-9-5-15-28-19)18-8-4-14-25(16-18)23(27)21-11-3-7-17-6-1-2-10-20(17)21/h1-3,5-7,9-11,15,18H,4,8,12-14,16H2,(H,24,26). The largest absolute Gasteiger partial charge is 0.355 e. The lowest BCUT2D eigenvalue weighted by Gasteiger charge is -2.32. The maximum atomic E-state index is 13.1. The molecule has 2 heterocycles. The lowest BCUT2D eigenvalue weighted by molar-refractivity contribution is -0.126. The number of benzene rings is 2. The average Bonchev–Trinajstić information content (AvgIpc) is 3.26. The molecule has 1 fully saturated rings. The number of amides is 2. The van der Waals surface area contributed by atoms with Gasteiger partial charge in [-0.2, -0.15) is 0 Å². The van der Waals surface area contributed by atoms with Crippen LogP contribution in [-0.2, 0) is 11.2 Å². The zero-order valence-electron chi connectivity index (χ0n) is 15.8. The SMILES string of the molecule is O=C(NCCc1cccs1)C1CCCN(C(=O)c2cccc3ccccc23)C1. The van der Waals surface area contributed by atoms with Crippen molar-refractivity contribution in [3.05, 3.63) is 70.4 Å². The molecule has 4 nitrogen and oxygen atoms in total. The molecule has 1 aliphatic heterocycles. The normalized spacial score (nSPS) is 16.9. The van der Waals surface area contributed by atoms with Crippen LogP contribution in [-0.4, -0.2) is 36.3 Å². The molecular weight excluding hydrogens is 368 g/mol. The number of thiophene rings is 1. The lowest BCUT2D eigenvalue weighted by atomic mass is 9.95. The van der Waals surface area contributed by atoms with Crippen molar-refractivity contribution in [3.63, 3.8) is 0 Å². The number of nitrogens with one attached hydrogen (secondary N) is 1. The number of hydrogen-bond donors (Lipinski definition) is 1. The molecule has 1 saturated heterocycles. The molecule has 1 atom stereocenters. The Kier molecular flexibility index (Phi) is 5.72. The van der Waals surface area contributed by atoms with Crippen LogP contribution in [0.25, 0.3) is 10.8 Å². The van der Waals surface area contributed by atoms with Crippen molar-refractivity contribution >= 4 is 33.9 Å². The predicted molar refractivity (Wildman–Crippen MR) is 114 cm³/mol. The van der Waals surface area contributed by atoms with Crippen LogP contribution in [0.15, 0.2) is 60.0 Å². The molecule has 0 radical (unpaired) electrons. The van der Waals surface area contributed by atoms with Gasteiger partial charge in [-0.1, -0.05) is 42.5 Å². The van der Waals surface area contributed by atoms with Gasteiger partial charge in [0.15, 0.2) is 0 Å². The van der Waals surface area contributed by atoms with Gasteiger partial charge in [0.05, 0.1) is 5.92 Å². The Morgan fingerprint density at radius 3 is 2.79 bits per heavy atom. The van der Waals surface area contributed by atoms with E-state index in [0.29, 0.717) is 19.6 Å². The van der Waals surface area contributed by atoms with Gasteiger partial charge in [-0.3, -0.25) is 9.59 Å². The topological polar surface area (TPSA) is 49.4 Å². The predicted octanol–water partition coefficient (Wildman–Crippen LogP) is 4.11. The minimum Gasteiger partial charge on any atom is -0.355 e. The van der Waals surface area contributed by atoms with Crippen LogP contribution in [0.4, 0.5) is 0 Å². The van der Waals surface area contributed by atoms with Gasteiger partial charge >= 0.3 is 0 Å². The zero-order valence-corrected chi connectivity index (χ0v) is 16.6. The fourth-order valence-electron chi connectivity index (χ4n) is 3.87. The highest BCUT2D eigenvalue weighted by Crippen LogP contribution is 2.23. The Hall–Kier alpha value is -2.66. The highest BCUT2D eigenvalue weighted by Gasteiger charge is 2.29. The van der Waals surface area contributed by atoms with Crippen LogP contribution in [0.2, 0.25) is 0 Å². The van der Waals surface area contributed by atoms with Gasteiger partial charge < -0.3 is 10.2 Å². The molecule has 1 N–H and O–H groups in total. The molecule has 2 amide bonds. The molecule has 1 unspecified atom stereocenters. The minimum absolute atomic E-state index is 0.0212. The summed E-state index contributed by atoms with van der Waals surface area (Å²) >= 11 is 1.71. The van der Waals surface area contributed by atoms with Gasteiger partial charge in [0.1, 0.15) is 0 Å². The van der Waals surface area contributed by atoms with Crippen molar-refractivity contribution in [2.75, 3.05) is 19.6 Å². The summed E-state index contributed by atoms with van der Waals surface area (Å²) in [4.78, 5) is 28.9. The van der Waals surface area contributed by atoms with E-state index in [1.807, 2.05) is 53.4 Å². The van der Waals surface area contributed by atoms with E-state index in [1.165, 1.54) is 4.88 Å². The van der Waals surface area contributed by atoms with E-state index in [9.17, 15) is 9.59 Å². The van der Waals surface area contributed by atoms with Crippen molar-refractivity contribution in [2.45, 2.75) is 19.3 Å². The summed E-state index contributed by atoms with van der Waals surface area (Å²) in [6, 6.07) is 17.9. The van der Waals surface area contributed by atoms with Crippen LogP contribution >= 0.6 is 11.3 Å². The van der Waals surface area contributed by atoms with Gasteiger partial charge in [-0.25, -0.2) is 0 Å². The molecule has 0 saturated carbocycles. The summed E-state index contributed by atoms with van der Waals surface area (Å²) in [6.45, 7) is 1.85. The third-order valence-corrected chi connectivity index (χ3v) is 6.29. The molecule has 4 rings (SSSR count). The summed E-state index contributed by atoms with van der Waals surface area (Å²) in [5.41, 5.74) is 0.719. The van der Waals surface area contributed by atoms with E-state index in [0.717, 1.165) is 35.6 Å². The molecule has 0 bridgehead atoms. The highest BCUT2D eigenvalue weighted by atomic mass is 32.1. The van der Waals surface area contributed by atoms with Crippen LogP contribution in [0, 0.1) is 5.92 Å². The average molecular weight is 393 g/mol. The maximum absolute atomic E-state index is 13.1. The van der Waals surface area contributed by atoms with Crippen LogP contribution in [0.3, 0.4) is 0 Å². The van der Waals surface area contributed by atoms with Crippen LogP contribution < -0.4 is 5.32 Å². The third kappa shape index (κ3) is 4.09. The molecule has 0 spiro atoms. The summed E-state index contributed by atoms with van der Waals surface area (Å²) in [5.74, 6) is -0.0455. The molecule has 144 valence electrons. The number of nitrogens with zero attached hydrogens (tertiary/aromatic N) is 1. The first kappa shape index (κ1) is 18.7. The number of fused-ring (bicyclic) bond motifs is 1. The smallest absolute Gasteiger partial charge is 0.254 e. The van der Waals surface area contributed by atoms with E-state index in [1.54, 1.807) is 11.3 Å². The first-order chi connectivity index (χ1) is 13.7. The quantitative estimate of drug-likeness (QED) is 0.710. The first-order valence-electron chi connectivity index (χ1n) is 9.79. The van der Waals surface area contributed by atoms with Crippen molar-refractivity contribution < 1.29 is 9.59 Å². The molecule has 3 aromatic rings. The Bertz CT molecular complexity index is 962. The highest BCUT2D eigenvalue weighted by molar-refractivity contribution is 7.09. The van der Waals surface area contributed by atoms with Gasteiger partial charge in [0.2, 0.25) is 5.91 Å². The number of likely N-dealkylation sites (tertiary alicyclic amines) is 1. The van der Waals surface area contributed by atoms with E-state index in [-0.39, 0.29) is 17.7 Å². The van der Waals surface area contributed by atoms with Gasteiger partial charge in [0.25, 0.3) is 5.91 Å². The van der Waals surface area contributed by atoms with Crippen molar-refractivity contribution in [1.29, 1.82) is 0 Å². The minimum atomic E-state index is -0.129. The van der Waals surface area contributed by atoms with Crippen LogP contribution in [0.5, 0.6) is 0 Å². The zero-order chi connectivity index (χ0) is 19.3. The van der Waals surface area contributed by atoms with Gasteiger partial charge in [0, 0.05) is 30.1 Å². The Labute approximate surface area is 169 Å². The summed E-state index contributed by atoms with van der Waals surface area (Å²) < 4.78 is 0. The van der Waals surface area contributed by atoms with Crippen molar-refractivity contribution in [1.82, 2.24) is 10.2 Å². The number of carbonyl (C=O) groups is 2. The van der Waals surface area contributed by atoms with Gasteiger partial charge in [-0.05, 0) is 47.5 Å². The summed E-state index contributed by atoms with van der Waals surface area (Å²) in [5, 5.41) is 7.13. The summed E-state index contributed by atoms with van der Waals surface area (Å²) in [6.07, 6.45) is 2.55. The van der Waals surface area contributed by atoms with Crippen molar-refractivity contribution in [2.24, 2.45) is 5.92 Å². The van der Waals surface area contributed by atoms with Gasteiger partial charge in [-0.15, -0.1) is 11.3 Å². The number of rotatable bonds is 5. The molecule has 0 aliphatic carbocycles. The third-order valence-electron chi connectivity index (χ3n) is 5.35. The summed E-state index contributed by atoms with van der Waals surface area (Å²) in [7, 11) is 0. The molecule has 1 aliphatic rings.